The number of nitrogens with two attached hydrogens (primary N) is 1. The molecule has 0 bridgehead atoms. The minimum Gasteiger partial charge on any atom is -0.399 e. The molecule has 0 radical (unpaired) electrons. The Balaban J connectivity index is 1.66. The molecule has 14 heavy (non-hydrogen) atoms. The third kappa shape index (κ3) is 3.24. The molecule has 1 aliphatic rings. The van der Waals surface area contributed by atoms with E-state index in [9.17, 15) is 0 Å². The molecule has 1 fully saturated rings. The standard InChI is InChI=1S/C11H15NOS/c12-10-3-5-11(6-4-10)14-8-13-7-9-1-2-9/h3-6,9H,1-2,7-8,12H2. The van der Waals surface area contributed by atoms with Crippen molar-refractivity contribution < 1.29 is 4.74 Å². The van der Waals surface area contributed by atoms with Crippen LogP contribution in [0.25, 0.3) is 0 Å². The summed E-state index contributed by atoms with van der Waals surface area (Å²) >= 11 is 1.72. The first-order chi connectivity index (χ1) is 6.84. The van der Waals surface area contributed by atoms with Gasteiger partial charge in [-0.1, -0.05) is 11.8 Å². The van der Waals surface area contributed by atoms with Crippen LogP contribution in [0.15, 0.2) is 29.2 Å². The number of nitrogen functional groups attached to an aromatic ring is 1. The Bertz CT molecular complexity index is 282. The van der Waals surface area contributed by atoms with Crippen molar-refractivity contribution >= 4 is 17.4 Å². The number of hydrogen-bond acceptors (Lipinski definition) is 3. The van der Waals surface area contributed by atoms with Gasteiger partial charge in [-0.25, -0.2) is 0 Å². The molecule has 0 unspecified atom stereocenters. The van der Waals surface area contributed by atoms with Crippen LogP contribution in [-0.2, 0) is 4.74 Å². The van der Waals surface area contributed by atoms with Crippen LogP contribution in [0.3, 0.4) is 0 Å². The van der Waals surface area contributed by atoms with Crippen LogP contribution in [0, 0.1) is 5.92 Å². The zero-order valence-corrected chi connectivity index (χ0v) is 8.93. The van der Waals surface area contributed by atoms with Crippen LogP contribution in [0.4, 0.5) is 5.69 Å². The van der Waals surface area contributed by atoms with Gasteiger partial charge < -0.3 is 10.5 Å². The predicted octanol–water partition coefficient (Wildman–Crippen LogP) is 2.75. The van der Waals surface area contributed by atoms with Gasteiger partial charge in [-0.15, -0.1) is 0 Å². The van der Waals surface area contributed by atoms with Gasteiger partial charge in [0, 0.05) is 10.6 Å². The van der Waals surface area contributed by atoms with Crippen LogP contribution in [0.1, 0.15) is 12.8 Å². The quantitative estimate of drug-likeness (QED) is 0.350. The number of thioether (sulfide) groups is 1. The van der Waals surface area contributed by atoms with Crippen molar-refractivity contribution in [2.45, 2.75) is 17.7 Å². The van der Waals surface area contributed by atoms with Crippen LogP contribution >= 0.6 is 11.8 Å². The SMILES string of the molecule is Nc1ccc(SCOCC2CC2)cc1. The maximum atomic E-state index is 5.59. The minimum absolute atomic E-state index is 0.750. The first-order valence-electron chi connectivity index (χ1n) is 4.90. The number of benzene rings is 1. The van der Waals surface area contributed by atoms with Crippen LogP contribution < -0.4 is 5.73 Å². The molecule has 3 heteroatoms. The fraction of sp³-hybridized carbons (Fsp3) is 0.455. The first kappa shape index (κ1) is 9.87. The summed E-state index contributed by atoms with van der Waals surface area (Å²) < 4.78 is 5.52. The topological polar surface area (TPSA) is 35.2 Å². The molecule has 2 N–H and O–H groups in total. The smallest absolute Gasteiger partial charge is 0.0967 e. The molecular weight excluding hydrogens is 194 g/mol. The molecule has 1 aromatic carbocycles. The lowest BCUT2D eigenvalue weighted by molar-refractivity contribution is 0.171. The number of rotatable bonds is 5. The van der Waals surface area contributed by atoms with Gasteiger partial charge in [0.2, 0.25) is 0 Å². The highest BCUT2D eigenvalue weighted by atomic mass is 32.2. The van der Waals surface area contributed by atoms with Crippen molar-refractivity contribution in [2.75, 3.05) is 18.3 Å². The lowest BCUT2D eigenvalue weighted by Crippen LogP contribution is -1.94. The van der Waals surface area contributed by atoms with Gasteiger partial charge in [-0.3, -0.25) is 0 Å². The van der Waals surface area contributed by atoms with Gasteiger partial charge in [0.25, 0.3) is 0 Å². The highest BCUT2D eigenvalue weighted by Gasteiger charge is 2.20. The van der Waals surface area contributed by atoms with E-state index in [1.165, 1.54) is 17.7 Å². The molecule has 0 spiro atoms. The summed E-state index contributed by atoms with van der Waals surface area (Å²) in [6.45, 7) is 0.933. The second-order valence-electron chi connectivity index (χ2n) is 3.65. The summed E-state index contributed by atoms with van der Waals surface area (Å²) in [5, 5.41) is 0. The lowest BCUT2D eigenvalue weighted by atomic mass is 10.3. The summed E-state index contributed by atoms with van der Waals surface area (Å²) in [6.07, 6.45) is 2.71. The Kier molecular flexibility index (Phi) is 3.32. The van der Waals surface area contributed by atoms with Crippen molar-refractivity contribution in [1.29, 1.82) is 0 Å². The molecular formula is C11H15NOS. The fourth-order valence-corrected chi connectivity index (χ4v) is 1.82. The molecule has 0 heterocycles. The van der Waals surface area contributed by atoms with E-state index in [4.69, 9.17) is 10.5 Å². The monoisotopic (exact) mass is 209 g/mol. The average molecular weight is 209 g/mol. The van der Waals surface area contributed by atoms with Gasteiger partial charge in [-0.05, 0) is 43.0 Å². The zero-order valence-electron chi connectivity index (χ0n) is 8.11. The summed E-state index contributed by atoms with van der Waals surface area (Å²) in [5.74, 6) is 1.60. The lowest BCUT2D eigenvalue weighted by Gasteiger charge is -2.03. The summed E-state index contributed by atoms with van der Waals surface area (Å²) in [6, 6.07) is 7.90. The summed E-state index contributed by atoms with van der Waals surface area (Å²) in [5.41, 5.74) is 6.40. The van der Waals surface area contributed by atoms with Crippen molar-refractivity contribution in [3.63, 3.8) is 0 Å². The van der Waals surface area contributed by atoms with Gasteiger partial charge in [0.15, 0.2) is 0 Å². The number of ether oxygens (including phenoxy) is 1. The maximum absolute atomic E-state index is 5.59. The van der Waals surface area contributed by atoms with Crippen LogP contribution in [0.2, 0.25) is 0 Å². The van der Waals surface area contributed by atoms with E-state index >= 15 is 0 Å². The van der Waals surface area contributed by atoms with E-state index in [0.29, 0.717) is 0 Å². The Morgan fingerprint density at radius 3 is 2.64 bits per heavy atom. The molecule has 0 aliphatic heterocycles. The third-order valence-electron chi connectivity index (χ3n) is 2.24. The fourth-order valence-electron chi connectivity index (χ4n) is 1.17. The molecule has 76 valence electrons. The van der Waals surface area contributed by atoms with Crippen molar-refractivity contribution in [1.82, 2.24) is 0 Å². The Hall–Kier alpha value is -0.670. The van der Waals surface area contributed by atoms with Crippen molar-refractivity contribution in [3.05, 3.63) is 24.3 Å². The molecule has 0 atom stereocenters. The minimum atomic E-state index is 0.750. The molecule has 0 aromatic heterocycles. The normalized spacial score (nSPS) is 15.7. The van der Waals surface area contributed by atoms with Crippen molar-refractivity contribution in [3.8, 4) is 0 Å². The molecule has 1 aliphatic carbocycles. The van der Waals surface area contributed by atoms with E-state index in [-0.39, 0.29) is 0 Å². The largest absolute Gasteiger partial charge is 0.399 e. The second kappa shape index (κ2) is 4.71. The van der Waals surface area contributed by atoms with Crippen LogP contribution in [0.5, 0.6) is 0 Å². The average Bonchev–Trinajstić information content (AvgIpc) is 2.99. The van der Waals surface area contributed by atoms with Gasteiger partial charge in [0.1, 0.15) is 0 Å². The molecule has 1 saturated carbocycles. The van der Waals surface area contributed by atoms with E-state index in [2.05, 4.69) is 0 Å². The predicted molar refractivity (Wildman–Crippen MR) is 60.3 cm³/mol. The second-order valence-corrected chi connectivity index (χ2v) is 4.64. The number of hydrogen-bond donors (Lipinski definition) is 1. The summed E-state index contributed by atoms with van der Waals surface area (Å²) in [7, 11) is 0. The highest BCUT2D eigenvalue weighted by molar-refractivity contribution is 7.99. The van der Waals surface area contributed by atoms with Crippen molar-refractivity contribution in [2.24, 2.45) is 5.92 Å². The number of anilines is 1. The Labute approximate surface area is 88.8 Å². The third-order valence-corrected chi connectivity index (χ3v) is 3.13. The first-order valence-corrected chi connectivity index (χ1v) is 5.89. The molecule has 0 saturated heterocycles. The molecule has 2 rings (SSSR count). The Morgan fingerprint density at radius 2 is 2.00 bits per heavy atom. The van der Waals surface area contributed by atoms with E-state index in [1.54, 1.807) is 11.8 Å². The Morgan fingerprint density at radius 1 is 1.29 bits per heavy atom. The summed E-state index contributed by atoms with van der Waals surface area (Å²) in [4.78, 5) is 1.22. The van der Waals surface area contributed by atoms with Gasteiger partial charge >= 0.3 is 0 Å². The maximum Gasteiger partial charge on any atom is 0.0967 e. The van der Waals surface area contributed by atoms with Gasteiger partial charge in [-0.2, -0.15) is 0 Å². The van der Waals surface area contributed by atoms with E-state index in [1.807, 2.05) is 24.3 Å². The van der Waals surface area contributed by atoms with Gasteiger partial charge in [0.05, 0.1) is 12.5 Å². The highest BCUT2D eigenvalue weighted by Crippen LogP contribution is 2.29. The van der Waals surface area contributed by atoms with E-state index in [0.717, 1.165) is 24.2 Å². The molecule has 1 aromatic rings. The van der Waals surface area contributed by atoms with E-state index < -0.39 is 0 Å². The van der Waals surface area contributed by atoms with Crippen LogP contribution in [-0.4, -0.2) is 12.5 Å². The molecule has 2 nitrogen and oxygen atoms in total. The molecule has 0 amide bonds. The zero-order chi connectivity index (χ0) is 9.80.